The summed E-state index contributed by atoms with van der Waals surface area (Å²) in [5.74, 6) is -4.06. The van der Waals surface area contributed by atoms with Crippen LogP contribution >= 0.6 is 0 Å². The highest BCUT2D eigenvalue weighted by atomic mass is 16.7. The summed E-state index contributed by atoms with van der Waals surface area (Å²) < 4.78 is 58.6. The number of rotatable bonds is 11. The minimum Gasteiger partial charge on any atom is -0.457 e. The van der Waals surface area contributed by atoms with Crippen LogP contribution < -0.4 is 0 Å². The predicted molar refractivity (Wildman–Crippen MR) is 226 cm³/mol. The number of nitrogens with zero attached hydrogens (tertiary/aromatic N) is 2. The molecule has 0 radical (unpaired) electrons. The topological polar surface area (TPSA) is 186 Å². The molecule has 0 aromatic carbocycles. The van der Waals surface area contributed by atoms with Crippen LogP contribution in [0.15, 0.2) is 30.4 Å². The molecule has 3 aliphatic rings. The minimum atomic E-state index is -1.61. The second-order valence-electron chi connectivity index (χ2n) is 18.6. The van der Waals surface area contributed by atoms with Crippen molar-refractivity contribution in [2.75, 3.05) is 14.2 Å². The fourth-order valence-corrected chi connectivity index (χ4v) is 9.80. The SMILES string of the molecule is CC[C@H]1OC(=O)[C@H](C)[C@@H](O[C@H]2C[C@@](C)(OC)[C@@H](OC(C)=O)[C@H](C)O2)[C@H](C)[C@@H](O[C@@H]2O[C@H](C)C[C@H](C)[C@H]2CC(C)=O)[C@](C)(OC)C[C@@H](C)C(=O)/C(C)=C/[C@]1(C)OC(=O)n1ccnc1. The van der Waals surface area contributed by atoms with Gasteiger partial charge in [0.2, 0.25) is 0 Å². The van der Waals surface area contributed by atoms with Crippen LogP contribution in [0.4, 0.5) is 4.79 Å². The average Bonchev–Trinajstić information content (AvgIpc) is 3.75. The maximum atomic E-state index is 14.8. The van der Waals surface area contributed by atoms with Gasteiger partial charge in [-0.05, 0) is 92.2 Å². The third-order valence-corrected chi connectivity index (χ3v) is 13.3. The monoisotopic (exact) mass is 876 g/mol. The van der Waals surface area contributed by atoms with E-state index in [1.165, 1.54) is 32.8 Å². The van der Waals surface area contributed by atoms with E-state index in [9.17, 15) is 24.0 Å². The van der Waals surface area contributed by atoms with E-state index in [4.69, 9.17) is 42.6 Å². The van der Waals surface area contributed by atoms with E-state index in [0.29, 0.717) is 5.57 Å². The molecule has 0 N–H and O–H groups in total. The van der Waals surface area contributed by atoms with Crippen molar-refractivity contribution in [3.8, 4) is 0 Å². The molecule has 0 saturated carbocycles. The molecule has 4 heterocycles. The van der Waals surface area contributed by atoms with Crippen LogP contribution in [0.25, 0.3) is 0 Å². The molecule has 350 valence electrons. The Morgan fingerprint density at radius 1 is 0.919 bits per heavy atom. The van der Waals surface area contributed by atoms with Gasteiger partial charge in [0.1, 0.15) is 23.8 Å². The zero-order chi connectivity index (χ0) is 46.5. The third-order valence-electron chi connectivity index (χ3n) is 13.3. The molecular formula is C46H72N2O14. The predicted octanol–water partition coefficient (Wildman–Crippen LogP) is 6.79. The Hall–Kier alpha value is -3.54. The highest BCUT2D eigenvalue weighted by Gasteiger charge is 2.54. The van der Waals surface area contributed by atoms with Crippen molar-refractivity contribution < 1.29 is 66.6 Å². The summed E-state index contributed by atoms with van der Waals surface area (Å²) in [6.07, 6.45) is -0.153. The van der Waals surface area contributed by atoms with Gasteiger partial charge in [-0.25, -0.2) is 14.3 Å². The van der Waals surface area contributed by atoms with E-state index in [1.807, 2.05) is 27.7 Å². The number of hydrogen-bond acceptors (Lipinski definition) is 15. The molecule has 2 saturated heterocycles. The first kappa shape index (κ1) is 51.1. The van der Waals surface area contributed by atoms with Crippen LogP contribution in [0.2, 0.25) is 0 Å². The van der Waals surface area contributed by atoms with E-state index in [-0.39, 0.29) is 55.2 Å². The lowest BCUT2D eigenvalue weighted by Crippen LogP contribution is -2.60. The van der Waals surface area contributed by atoms with E-state index in [2.05, 4.69) is 11.9 Å². The molecule has 0 amide bonds. The molecule has 16 atom stereocenters. The number of esters is 2. The number of carbonyl (C=O) groups is 5. The van der Waals surface area contributed by atoms with E-state index in [0.717, 1.165) is 11.0 Å². The number of allylic oxidation sites excluding steroid dienone is 1. The van der Waals surface area contributed by atoms with Crippen molar-refractivity contribution in [1.82, 2.24) is 9.55 Å². The van der Waals surface area contributed by atoms with Gasteiger partial charge in [-0.2, -0.15) is 0 Å². The van der Waals surface area contributed by atoms with Crippen molar-refractivity contribution in [3.63, 3.8) is 0 Å². The Kier molecular flexibility index (Phi) is 17.3. The van der Waals surface area contributed by atoms with Gasteiger partial charge in [0, 0.05) is 64.1 Å². The van der Waals surface area contributed by atoms with Crippen molar-refractivity contribution >= 4 is 29.6 Å². The van der Waals surface area contributed by atoms with Gasteiger partial charge < -0.3 is 47.4 Å². The summed E-state index contributed by atoms with van der Waals surface area (Å²) in [5.41, 5.74) is -3.60. The number of cyclic esters (lactones) is 1. The second kappa shape index (κ2) is 21.0. The Labute approximate surface area is 367 Å². The summed E-state index contributed by atoms with van der Waals surface area (Å²) in [7, 11) is 3.07. The van der Waals surface area contributed by atoms with Gasteiger partial charge >= 0.3 is 18.0 Å². The Morgan fingerprint density at radius 3 is 2.13 bits per heavy atom. The highest BCUT2D eigenvalue weighted by Crippen LogP contribution is 2.43. The smallest absolute Gasteiger partial charge is 0.420 e. The standard InChI is InChI=1S/C46H72N2O14/c1-16-35-44(11,62-43(53)48-18-17-47-24-48)21-26(3)37(51)27(4)22-45(12,54-14)39(61-42-34(20-28(5)49)25(2)19-29(6)56-42)30(7)38(31(8)41(52)59-35)60-36-23-46(13,55-15)40(32(9)57-36)58-33(10)50/h17-18,21,24-25,27,29-32,34-36,38-40,42H,16,19-20,22-23H2,1-15H3/b26-21+/t25-,27+,29+,30-,31+,32-,34+,35+,36-,38-,39+,40-,42-,44-,45+,46+/m0/s1. The molecule has 0 spiro atoms. The second-order valence-corrected chi connectivity index (χ2v) is 18.6. The number of carbonyl (C=O) groups excluding carboxylic acids is 5. The molecule has 1 aromatic heterocycles. The number of methoxy groups -OCH3 is 2. The van der Waals surface area contributed by atoms with Crippen LogP contribution in [-0.4, -0.2) is 119 Å². The lowest BCUT2D eigenvalue weighted by atomic mass is 9.75. The number of ketones is 2. The Bertz CT molecular complexity index is 1750. The number of hydrogen-bond donors (Lipinski definition) is 0. The molecule has 2 fully saturated rings. The maximum Gasteiger partial charge on any atom is 0.420 e. The molecule has 3 aliphatic heterocycles. The average molecular weight is 877 g/mol. The number of imidazole rings is 1. The summed E-state index contributed by atoms with van der Waals surface area (Å²) in [6.45, 7) is 22.7. The lowest BCUT2D eigenvalue weighted by Gasteiger charge is -2.50. The molecule has 1 aromatic rings. The molecule has 16 heteroatoms. The first-order valence-corrected chi connectivity index (χ1v) is 22.0. The number of aromatic nitrogens is 2. The quantitative estimate of drug-likeness (QED) is 0.167. The highest BCUT2D eigenvalue weighted by molar-refractivity contribution is 5.96. The van der Waals surface area contributed by atoms with Crippen molar-refractivity contribution in [2.45, 2.75) is 188 Å². The third kappa shape index (κ3) is 11.8. The molecule has 0 aliphatic carbocycles. The molecule has 16 nitrogen and oxygen atoms in total. The first-order chi connectivity index (χ1) is 28.9. The number of ether oxygens (including phenoxy) is 9. The van der Waals surface area contributed by atoms with E-state index < -0.39 is 95.7 Å². The minimum absolute atomic E-state index is 0.00813. The summed E-state index contributed by atoms with van der Waals surface area (Å²) in [5, 5.41) is 0. The zero-order valence-corrected chi connectivity index (χ0v) is 39.5. The van der Waals surface area contributed by atoms with Crippen molar-refractivity contribution in [1.29, 1.82) is 0 Å². The Morgan fingerprint density at radius 2 is 1.56 bits per heavy atom. The van der Waals surface area contributed by atoms with Crippen molar-refractivity contribution in [2.24, 2.45) is 29.6 Å². The fourth-order valence-electron chi connectivity index (χ4n) is 9.80. The van der Waals surface area contributed by atoms with Gasteiger partial charge in [0.15, 0.2) is 30.1 Å². The first-order valence-electron chi connectivity index (χ1n) is 22.0. The van der Waals surface area contributed by atoms with Gasteiger partial charge in [-0.1, -0.05) is 27.7 Å². The van der Waals surface area contributed by atoms with Crippen LogP contribution in [0.1, 0.15) is 122 Å². The van der Waals surface area contributed by atoms with Gasteiger partial charge in [0.05, 0.1) is 35.9 Å². The largest absolute Gasteiger partial charge is 0.457 e. The molecule has 0 unspecified atom stereocenters. The van der Waals surface area contributed by atoms with Gasteiger partial charge in [0.25, 0.3) is 0 Å². The molecular weight excluding hydrogens is 805 g/mol. The van der Waals surface area contributed by atoms with Crippen LogP contribution in [0.5, 0.6) is 0 Å². The number of Topliss-reactive ketones (excluding diaryl/α,β-unsaturated/α-hetero) is 2. The summed E-state index contributed by atoms with van der Waals surface area (Å²) >= 11 is 0. The van der Waals surface area contributed by atoms with E-state index >= 15 is 0 Å². The maximum absolute atomic E-state index is 14.8. The van der Waals surface area contributed by atoms with Gasteiger partial charge in [-0.3, -0.25) is 14.4 Å². The fraction of sp³-hybridized carbons (Fsp3) is 0.783. The molecule has 62 heavy (non-hydrogen) atoms. The Balaban J connectivity index is 1.91. The normalized spacial score (nSPS) is 41.0. The van der Waals surface area contributed by atoms with E-state index in [1.54, 1.807) is 61.7 Å². The van der Waals surface area contributed by atoms with Crippen molar-refractivity contribution in [3.05, 3.63) is 30.4 Å². The molecule has 4 rings (SSSR count). The van der Waals surface area contributed by atoms with Crippen LogP contribution in [0, 0.1) is 29.6 Å². The zero-order valence-electron chi connectivity index (χ0n) is 39.5. The summed E-state index contributed by atoms with van der Waals surface area (Å²) in [6, 6.07) is 0. The van der Waals surface area contributed by atoms with Crippen LogP contribution in [0.3, 0.4) is 0 Å². The lowest BCUT2D eigenvalue weighted by molar-refractivity contribution is -0.315. The van der Waals surface area contributed by atoms with Crippen LogP contribution in [-0.2, 0) is 61.8 Å². The summed E-state index contributed by atoms with van der Waals surface area (Å²) in [4.78, 5) is 71.5. The molecule has 0 bridgehead atoms. The van der Waals surface area contributed by atoms with Gasteiger partial charge in [-0.15, -0.1) is 0 Å².